The largest absolute Gasteiger partial charge is 0.439 e. The fourth-order valence-corrected chi connectivity index (χ4v) is 5.77. The Bertz CT molecular complexity index is 1560. The first-order chi connectivity index (χ1) is 16.9. The van der Waals surface area contributed by atoms with E-state index in [0.717, 1.165) is 5.56 Å². The molecule has 0 radical (unpaired) electrons. The molecule has 0 saturated carbocycles. The zero-order valence-corrected chi connectivity index (χ0v) is 19.7. The van der Waals surface area contributed by atoms with Crippen molar-refractivity contribution in [2.24, 2.45) is 0 Å². The van der Waals surface area contributed by atoms with Crippen LogP contribution in [0.25, 0.3) is 22.7 Å². The Hall–Kier alpha value is -4.03. The molecule has 0 N–H and O–H groups in total. The summed E-state index contributed by atoms with van der Waals surface area (Å²) in [5.41, 5.74) is 2.44. The van der Waals surface area contributed by atoms with Crippen molar-refractivity contribution in [3.63, 3.8) is 0 Å². The second-order valence-electron chi connectivity index (χ2n) is 8.23. The van der Waals surface area contributed by atoms with Crippen LogP contribution in [0.2, 0.25) is 0 Å². The van der Waals surface area contributed by atoms with E-state index in [4.69, 9.17) is 4.42 Å². The number of aromatic nitrogens is 1. The highest BCUT2D eigenvalue weighted by Crippen LogP contribution is 2.42. The van der Waals surface area contributed by atoms with E-state index in [2.05, 4.69) is 4.98 Å². The van der Waals surface area contributed by atoms with Gasteiger partial charge in [-0.3, -0.25) is 0 Å². The molecule has 174 valence electrons. The number of aryl methyl sites for hydroxylation is 1. The Kier molecular flexibility index (Phi) is 6.05. The minimum absolute atomic E-state index is 0.0701. The summed E-state index contributed by atoms with van der Waals surface area (Å²) >= 11 is 0. The van der Waals surface area contributed by atoms with E-state index in [1.54, 1.807) is 66.7 Å². The number of hydrogen-bond acceptors (Lipinski definition) is 4. The van der Waals surface area contributed by atoms with Crippen LogP contribution in [0.5, 0.6) is 0 Å². The van der Waals surface area contributed by atoms with Gasteiger partial charge in [0.05, 0.1) is 4.90 Å². The standard InChI is InChI=1S/C29H22FNO3S/c1-20-16-18-23(19-17-20)35(32,33)28(21-10-4-2-5-11-21)27-26(24-14-8-9-15-25(24)30)31-29(34-27)22-12-6-3-7-13-22/h2-19,28H,1H3. The quantitative estimate of drug-likeness (QED) is 0.260. The van der Waals surface area contributed by atoms with Crippen LogP contribution in [0.4, 0.5) is 4.39 Å². The van der Waals surface area contributed by atoms with E-state index in [0.29, 0.717) is 11.1 Å². The predicted molar refractivity (Wildman–Crippen MR) is 134 cm³/mol. The zero-order valence-electron chi connectivity index (χ0n) is 18.9. The van der Waals surface area contributed by atoms with Crippen LogP contribution in [0.1, 0.15) is 22.1 Å². The highest BCUT2D eigenvalue weighted by molar-refractivity contribution is 7.91. The second kappa shape index (κ2) is 9.31. The molecule has 1 atom stereocenters. The SMILES string of the molecule is Cc1ccc(S(=O)(=O)C(c2ccccc2)c2oc(-c3ccccc3)nc2-c2ccccc2F)cc1. The average molecular weight is 484 g/mol. The molecule has 0 saturated heterocycles. The Labute approximate surface area is 203 Å². The van der Waals surface area contributed by atoms with Crippen molar-refractivity contribution in [3.8, 4) is 22.7 Å². The summed E-state index contributed by atoms with van der Waals surface area (Å²) in [6.45, 7) is 1.89. The minimum Gasteiger partial charge on any atom is -0.439 e. The van der Waals surface area contributed by atoms with E-state index in [-0.39, 0.29) is 27.8 Å². The maximum Gasteiger partial charge on any atom is 0.226 e. The molecule has 0 spiro atoms. The molecular formula is C29H22FNO3S. The molecule has 0 fully saturated rings. The molecule has 0 amide bonds. The average Bonchev–Trinajstić information content (AvgIpc) is 3.30. The molecule has 4 nitrogen and oxygen atoms in total. The van der Waals surface area contributed by atoms with Gasteiger partial charge in [-0.15, -0.1) is 0 Å². The molecule has 0 aliphatic heterocycles. The predicted octanol–water partition coefficient (Wildman–Crippen LogP) is 7.02. The van der Waals surface area contributed by atoms with Crippen molar-refractivity contribution >= 4 is 9.84 Å². The molecule has 1 aromatic heterocycles. The Morgan fingerprint density at radius 1 is 0.771 bits per heavy atom. The molecule has 4 aromatic carbocycles. The molecule has 5 aromatic rings. The van der Waals surface area contributed by atoms with Gasteiger partial charge in [-0.2, -0.15) is 0 Å². The van der Waals surface area contributed by atoms with Crippen molar-refractivity contribution in [3.05, 3.63) is 132 Å². The lowest BCUT2D eigenvalue weighted by Crippen LogP contribution is -2.16. The summed E-state index contributed by atoms with van der Waals surface area (Å²) in [5, 5.41) is -1.23. The van der Waals surface area contributed by atoms with E-state index in [9.17, 15) is 12.8 Å². The molecule has 1 unspecified atom stereocenters. The van der Waals surface area contributed by atoms with Gasteiger partial charge in [0, 0.05) is 11.1 Å². The minimum atomic E-state index is -3.99. The fourth-order valence-electron chi connectivity index (χ4n) is 4.02. The van der Waals surface area contributed by atoms with Crippen molar-refractivity contribution < 1.29 is 17.2 Å². The number of nitrogens with zero attached hydrogens (tertiary/aromatic N) is 1. The van der Waals surface area contributed by atoms with Gasteiger partial charge in [0.1, 0.15) is 11.5 Å². The van der Waals surface area contributed by atoms with E-state index >= 15 is 0 Å². The third-order valence-corrected chi connectivity index (χ3v) is 7.84. The third kappa shape index (κ3) is 4.40. The maximum atomic E-state index is 15.0. The topological polar surface area (TPSA) is 60.2 Å². The smallest absolute Gasteiger partial charge is 0.226 e. The first-order valence-electron chi connectivity index (χ1n) is 11.1. The first-order valence-corrected chi connectivity index (χ1v) is 12.7. The number of rotatable bonds is 6. The van der Waals surface area contributed by atoms with E-state index in [1.807, 2.05) is 43.3 Å². The van der Waals surface area contributed by atoms with Gasteiger partial charge < -0.3 is 4.42 Å². The first kappa shape index (κ1) is 22.7. The van der Waals surface area contributed by atoms with Crippen LogP contribution >= 0.6 is 0 Å². The number of oxazole rings is 1. The van der Waals surface area contributed by atoms with Gasteiger partial charge in [-0.05, 0) is 48.9 Å². The summed E-state index contributed by atoms with van der Waals surface area (Å²) in [5.74, 6) is -0.221. The van der Waals surface area contributed by atoms with Crippen LogP contribution in [-0.4, -0.2) is 13.4 Å². The summed E-state index contributed by atoms with van der Waals surface area (Å²) in [6.07, 6.45) is 0. The Morgan fingerprint density at radius 3 is 2.03 bits per heavy atom. The van der Waals surface area contributed by atoms with Crippen molar-refractivity contribution in [2.45, 2.75) is 17.1 Å². The lowest BCUT2D eigenvalue weighted by atomic mass is 10.0. The third-order valence-electron chi connectivity index (χ3n) is 5.80. The molecule has 1 heterocycles. The lowest BCUT2D eigenvalue weighted by Gasteiger charge is -2.18. The fraction of sp³-hybridized carbons (Fsp3) is 0.0690. The van der Waals surface area contributed by atoms with Gasteiger partial charge >= 0.3 is 0 Å². The van der Waals surface area contributed by atoms with Crippen LogP contribution in [0, 0.1) is 12.7 Å². The maximum absolute atomic E-state index is 15.0. The summed E-state index contributed by atoms with van der Waals surface area (Å²) in [7, 11) is -3.99. The van der Waals surface area contributed by atoms with Crippen molar-refractivity contribution in [1.82, 2.24) is 4.98 Å². The molecule has 0 bridgehead atoms. The number of benzene rings is 4. The summed E-state index contributed by atoms with van der Waals surface area (Å²) < 4.78 is 49.3. The molecule has 5 rings (SSSR count). The van der Waals surface area contributed by atoms with E-state index < -0.39 is 20.9 Å². The normalized spacial score (nSPS) is 12.4. The Balaban J connectivity index is 1.80. The highest BCUT2D eigenvalue weighted by Gasteiger charge is 2.37. The van der Waals surface area contributed by atoms with Gasteiger partial charge in [0.15, 0.2) is 20.8 Å². The molecule has 6 heteroatoms. The van der Waals surface area contributed by atoms with Crippen LogP contribution in [-0.2, 0) is 9.84 Å². The summed E-state index contributed by atoms with van der Waals surface area (Å²) in [4.78, 5) is 4.76. The van der Waals surface area contributed by atoms with Gasteiger partial charge in [0.25, 0.3) is 0 Å². The van der Waals surface area contributed by atoms with E-state index in [1.165, 1.54) is 6.07 Å². The molecular weight excluding hydrogens is 461 g/mol. The highest BCUT2D eigenvalue weighted by atomic mass is 32.2. The molecule has 35 heavy (non-hydrogen) atoms. The van der Waals surface area contributed by atoms with Crippen LogP contribution < -0.4 is 0 Å². The van der Waals surface area contributed by atoms with Crippen LogP contribution in [0.15, 0.2) is 119 Å². The number of halogens is 1. The monoisotopic (exact) mass is 483 g/mol. The van der Waals surface area contributed by atoms with Crippen LogP contribution in [0.3, 0.4) is 0 Å². The number of hydrogen-bond donors (Lipinski definition) is 0. The number of sulfone groups is 1. The van der Waals surface area contributed by atoms with Crippen molar-refractivity contribution in [2.75, 3.05) is 0 Å². The van der Waals surface area contributed by atoms with Gasteiger partial charge in [-0.1, -0.05) is 78.4 Å². The van der Waals surface area contributed by atoms with Gasteiger partial charge in [-0.25, -0.2) is 17.8 Å². The van der Waals surface area contributed by atoms with Gasteiger partial charge in [0.2, 0.25) is 5.89 Å². The zero-order chi connectivity index (χ0) is 24.4. The van der Waals surface area contributed by atoms with Crippen molar-refractivity contribution in [1.29, 1.82) is 0 Å². The summed E-state index contributed by atoms with van der Waals surface area (Å²) in [6, 6.07) is 30.8. The molecule has 0 aliphatic rings. The second-order valence-corrected chi connectivity index (χ2v) is 10.3. The molecule has 0 aliphatic carbocycles. The Morgan fingerprint density at radius 2 is 1.37 bits per heavy atom. The lowest BCUT2D eigenvalue weighted by molar-refractivity contribution is 0.513.